The predicted molar refractivity (Wildman–Crippen MR) is 97.0 cm³/mol. The van der Waals surface area contributed by atoms with Crippen molar-refractivity contribution in [2.75, 3.05) is 12.4 Å². The van der Waals surface area contributed by atoms with Crippen LogP contribution in [0.4, 0.5) is 5.95 Å². The number of nitrogens with one attached hydrogen (secondary N) is 1. The van der Waals surface area contributed by atoms with E-state index in [9.17, 15) is 0 Å². The van der Waals surface area contributed by atoms with E-state index in [1.807, 2.05) is 36.4 Å². The third-order valence-electron chi connectivity index (χ3n) is 4.01. The minimum absolute atomic E-state index is 0.242. The first-order valence-electron chi connectivity index (χ1n) is 7.52. The maximum atomic E-state index is 6.40. The molecule has 0 aliphatic carbocycles. The van der Waals surface area contributed by atoms with Gasteiger partial charge >= 0.3 is 0 Å². The monoisotopic (exact) mass is 373 g/mol. The molecule has 0 fully saturated rings. The molecule has 1 aromatic heterocycles. The molecule has 2 heterocycles. The van der Waals surface area contributed by atoms with Gasteiger partial charge in [0.15, 0.2) is 0 Å². The molecule has 0 radical (unpaired) electrons. The molecule has 1 aliphatic heterocycles. The van der Waals surface area contributed by atoms with Gasteiger partial charge in [0.25, 0.3) is 0 Å². The number of nitrogens with zero attached hydrogens (tertiary/aromatic N) is 4. The van der Waals surface area contributed by atoms with Crippen LogP contribution in [-0.4, -0.2) is 27.3 Å². The summed E-state index contributed by atoms with van der Waals surface area (Å²) in [5.41, 5.74) is 2.75. The van der Waals surface area contributed by atoms with Crippen LogP contribution in [-0.2, 0) is 0 Å². The summed E-state index contributed by atoms with van der Waals surface area (Å²) < 4.78 is 6.89. The SMILES string of the molecule is COc1ccc(C2=C[C@H](c3ccc(Cl)cc3Cl)n3nnnc3N2)cc1. The van der Waals surface area contributed by atoms with E-state index in [4.69, 9.17) is 27.9 Å². The van der Waals surface area contributed by atoms with Gasteiger partial charge in [0.2, 0.25) is 5.95 Å². The number of allylic oxidation sites excluding steroid dienone is 1. The Balaban J connectivity index is 1.80. The molecule has 0 saturated carbocycles. The lowest BCUT2D eigenvalue weighted by Gasteiger charge is -2.24. The Bertz CT molecular complexity index is 952. The van der Waals surface area contributed by atoms with Crippen LogP contribution in [0.2, 0.25) is 10.0 Å². The van der Waals surface area contributed by atoms with E-state index in [-0.39, 0.29) is 6.04 Å². The van der Waals surface area contributed by atoms with E-state index in [0.717, 1.165) is 22.6 Å². The fourth-order valence-corrected chi connectivity index (χ4v) is 3.28. The molecular formula is C17H13Cl2N5O. The number of methoxy groups -OCH3 is 1. The van der Waals surface area contributed by atoms with Crippen LogP contribution in [0, 0.1) is 0 Å². The maximum Gasteiger partial charge on any atom is 0.248 e. The van der Waals surface area contributed by atoms with Crippen molar-refractivity contribution in [1.82, 2.24) is 20.2 Å². The van der Waals surface area contributed by atoms with Crippen molar-refractivity contribution in [3.63, 3.8) is 0 Å². The molecule has 3 aromatic rings. The van der Waals surface area contributed by atoms with E-state index < -0.39 is 0 Å². The lowest BCUT2D eigenvalue weighted by molar-refractivity contribution is 0.415. The fraction of sp³-hybridized carbons (Fsp3) is 0.118. The Morgan fingerprint density at radius 1 is 1.12 bits per heavy atom. The largest absolute Gasteiger partial charge is 0.497 e. The van der Waals surface area contributed by atoms with Gasteiger partial charge < -0.3 is 10.1 Å². The first kappa shape index (κ1) is 15.9. The van der Waals surface area contributed by atoms with Gasteiger partial charge in [-0.15, -0.1) is 0 Å². The van der Waals surface area contributed by atoms with E-state index in [1.165, 1.54) is 0 Å². The number of ether oxygens (including phenoxy) is 1. The second-order valence-electron chi connectivity index (χ2n) is 5.49. The van der Waals surface area contributed by atoms with Gasteiger partial charge in [0.1, 0.15) is 11.8 Å². The summed E-state index contributed by atoms with van der Waals surface area (Å²) in [6, 6.07) is 12.9. The molecule has 6 nitrogen and oxygen atoms in total. The third-order valence-corrected chi connectivity index (χ3v) is 4.57. The molecule has 1 atom stereocenters. The van der Waals surface area contributed by atoms with Crippen LogP contribution in [0.3, 0.4) is 0 Å². The molecule has 0 unspecified atom stereocenters. The normalized spacial score (nSPS) is 16.0. The van der Waals surface area contributed by atoms with Gasteiger partial charge in [-0.05, 0) is 64.0 Å². The molecule has 2 aromatic carbocycles. The Morgan fingerprint density at radius 2 is 1.92 bits per heavy atom. The summed E-state index contributed by atoms with van der Waals surface area (Å²) >= 11 is 12.4. The molecular weight excluding hydrogens is 361 g/mol. The third kappa shape index (κ3) is 2.94. The van der Waals surface area contributed by atoms with Gasteiger partial charge in [-0.3, -0.25) is 0 Å². The van der Waals surface area contributed by atoms with Gasteiger partial charge in [-0.25, -0.2) is 0 Å². The lowest BCUT2D eigenvalue weighted by Crippen LogP contribution is -2.20. The number of halogens is 2. The number of aromatic nitrogens is 4. The Morgan fingerprint density at radius 3 is 2.64 bits per heavy atom. The van der Waals surface area contributed by atoms with Crippen molar-refractivity contribution < 1.29 is 4.74 Å². The summed E-state index contributed by atoms with van der Waals surface area (Å²) in [6.45, 7) is 0. The highest BCUT2D eigenvalue weighted by molar-refractivity contribution is 6.35. The van der Waals surface area contributed by atoms with Crippen molar-refractivity contribution in [2.45, 2.75) is 6.04 Å². The second kappa shape index (κ2) is 6.38. The van der Waals surface area contributed by atoms with Gasteiger partial charge in [-0.1, -0.05) is 34.4 Å². The number of hydrogen-bond acceptors (Lipinski definition) is 5. The Kier molecular flexibility index (Phi) is 4.07. The number of anilines is 1. The van der Waals surface area contributed by atoms with Crippen LogP contribution in [0.1, 0.15) is 17.2 Å². The minimum atomic E-state index is -0.242. The number of fused-ring (bicyclic) bond motifs is 1. The summed E-state index contributed by atoms with van der Waals surface area (Å²) in [5, 5.41) is 16.3. The number of tetrazole rings is 1. The zero-order valence-electron chi connectivity index (χ0n) is 13.1. The molecule has 1 aliphatic rings. The topological polar surface area (TPSA) is 64.9 Å². The van der Waals surface area contributed by atoms with Crippen molar-refractivity contribution in [1.29, 1.82) is 0 Å². The Hall–Kier alpha value is -2.57. The van der Waals surface area contributed by atoms with Crippen molar-refractivity contribution >= 4 is 34.8 Å². The zero-order valence-corrected chi connectivity index (χ0v) is 14.7. The van der Waals surface area contributed by atoms with Crippen molar-refractivity contribution in [3.05, 3.63) is 69.7 Å². The van der Waals surface area contributed by atoms with Crippen LogP contribution >= 0.6 is 23.2 Å². The van der Waals surface area contributed by atoms with Crippen molar-refractivity contribution in [2.24, 2.45) is 0 Å². The summed E-state index contributed by atoms with van der Waals surface area (Å²) in [7, 11) is 1.64. The van der Waals surface area contributed by atoms with E-state index in [1.54, 1.807) is 23.9 Å². The fourth-order valence-electron chi connectivity index (χ4n) is 2.76. The quantitative estimate of drug-likeness (QED) is 0.750. The van der Waals surface area contributed by atoms with Crippen LogP contribution < -0.4 is 10.1 Å². The predicted octanol–water partition coefficient (Wildman–Crippen LogP) is 4.04. The number of hydrogen-bond donors (Lipinski definition) is 1. The highest BCUT2D eigenvalue weighted by atomic mass is 35.5. The minimum Gasteiger partial charge on any atom is -0.497 e. The van der Waals surface area contributed by atoms with Gasteiger partial charge in [0.05, 0.1) is 7.11 Å². The van der Waals surface area contributed by atoms with E-state index >= 15 is 0 Å². The van der Waals surface area contributed by atoms with Gasteiger partial charge in [-0.2, -0.15) is 4.68 Å². The number of benzene rings is 2. The second-order valence-corrected chi connectivity index (χ2v) is 6.34. The molecule has 0 spiro atoms. The van der Waals surface area contributed by atoms with E-state index in [0.29, 0.717) is 16.0 Å². The smallest absolute Gasteiger partial charge is 0.248 e. The molecule has 126 valence electrons. The van der Waals surface area contributed by atoms with Gasteiger partial charge in [0, 0.05) is 15.7 Å². The summed E-state index contributed by atoms with van der Waals surface area (Å²) in [4.78, 5) is 0. The summed E-state index contributed by atoms with van der Waals surface area (Å²) in [5.74, 6) is 1.34. The molecule has 0 bridgehead atoms. The number of rotatable bonds is 3. The Labute approximate surface area is 154 Å². The van der Waals surface area contributed by atoms with Crippen LogP contribution in [0.15, 0.2) is 48.5 Å². The van der Waals surface area contributed by atoms with Crippen molar-refractivity contribution in [3.8, 4) is 5.75 Å². The highest BCUT2D eigenvalue weighted by Crippen LogP contribution is 2.35. The highest BCUT2D eigenvalue weighted by Gasteiger charge is 2.25. The molecule has 25 heavy (non-hydrogen) atoms. The lowest BCUT2D eigenvalue weighted by atomic mass is 10.0. The van der Waals surface area contributed by atoms with Crippen LogP contribution in [0.5, 0.6) is 5.75 Å². The maximum absolute atomic E-state index is 6.40. The van der Waals surface area contributed by atoms with Crippen LogP contribution in [0.25, 0.3) is 5.70 Å². The average molecular weight is 374 g/mol. The molecule has 0 amide bonds. The first-order chi connectivity index (χ1) is 12.2. The molecule has 1 N–H and O–H groups in total. The first-order valence-corrected chi connectivity index (χ1v) is 8.27. The molecule has 8 heteroatoms. The van der Waals surface area contributed by atoms with E-state index in [2.05, 4.69) is 20.8 Å². The molecule has 0 saturated heterocycles. The average Bonchev–Trinajstić information content (AvgIpc) is 3.10. The summed E-state index contributed by atoms with van der Waals surface area (Å²) in [6.07, 6.45) is 2.03. The standard InChI is InChI=1S/C17H13Cl2N5O/c1-25-12-5-2-10(3-6-12)15-9-16(24-17(20-15)21-22-23-24)13-7-4-11(18)8-14(13)19/h2-9,16H,1H3,(H,20,21,23)/t16-/m1/s1. The molecule has 4 rings (SSSR count). The zero-order chi connectivity index (χ0) is 17.4.